The Bertz CT molecular complexity index is 371. The van der Waals surface area contributed by atoms with Crippen molar-refractivity contribution in [2.75, 3.05) is 0 Å². The Morgan fingerprint density at radius 1 is 1.23 bits per heavy atom. The van der Waals surface area contributed by atoms with Crippen LogP contribution < -0.4 is 0 Å². The van der Waals surface area contributed by atoms with Gasteiger partial charge in [-0.2, -0.15) is 0 Å². The summed E-state index contributed by atoms with van der Waals surface area (Å²) in [6.45, 7) is 0. The van der Waals surface area contributed by atoms with Crippen LogP contribution in [0.25, 0.3) is 0 Å². The minimum atomic E-state index is -0.423. The fourth-order valence-electron chi connectivity index (χ4n) is 1.53. The highest BCUT2D eigenvalue weighted by molar-refractivity contribution is 6.43. The molecule has 0 unspecified atom stereocenters. The highest BCUT2D eigenvalue weighted by atomic mass is 16.2. The maximum absolute atomic E-state index is 11.4. The van der Waals surface area contributed by atoms with Gasteiger partial charge in [-0.15, -0.1) is 0 Å². The number of carbonyl (C=O) groups is 2. The lowest BCUT2D eigenvalue weighted by atomic mass is 10.1. The standard InChI is InChI=1S/C10H9NO2/c12-8-5-1-3-7-4-2-6-11-9(7)10(8)13/h2,4,6H,1,3,5H2. The number of carbonyl (C=O) groups excluding carboxylic acids is 2. The van der Waals surface area contributed by atoms with Crippen LogP contribution in [-0.2, 0) is 11.2 Å². The molecule has 0 aliphatic heterocycles. The van der Waals surface area contributed by atoms with E-state index in [1.807, 2.05) is 6.07 Å². The molecular weight excluding hydrogens is 166 g/mol. The van der Waals surface area contributed by atoms with E-state index < -0.39 is 5.78 Å². The Morgan fingerprint density at radius 3 is 2.92 bits per heavy atom. The van der Waals surface area contributed by atoms with Crippen LogP contribution in [-0.4, -0.2) is 16.6 Å². The Balaban J connectivity index is 2.52. The molecule has 0 saturated heterocycles. The van der Waals surface area contributed by atoms with Gasteiger partial charge in [0.05, 0.1) is 0 Å². The zero-order valence-corrected chi connectivity index (χ0v) is 7.12. The number of pyridine rings is 1. The SMILES string of the molecule is O=C1CCCc2cccnc2C1=O. The second-order valence-electron chi connectivity index (χ2n) is 3.12. The average molecular weight is 175 g/mol. The van der Waals surface area contributed by atoms with Crippen LogP contribution in [0.4, 0.5) is 0 Å². The van der Waals surface area contributed by atoms with E-state index in [4.69, 9.17) is 0 Å². The number of Topliss-reactive ketones (excluding diaryl/α,β-unsaturated/α-hetero) is 2. The summed E-state index contributed by atoms with van der Waals surface area (Å²) in [5, 5.41) is 0. The highest BCUT2D eigenvalue weighted by Gasteiger charge is 2.23. The summed E-state index contributed by atoms with van der Waals surface area (Å²) < 4.78 is 0. The maximum Gasteiger partial charge on any atom is 0.247 e. The molecule has 3 heteroatoms. The van der Waals surface area contributed by atoms with E-state index in [2.05, 4.69) is 4.98 Å². The minimum Gasteiger partial charge on any atom is -0.290 e. The summed E-state index contributed by atoms with van der Waals surface area (Å²) in [7, 11) is 0. The van der Waals surface area contributed by atoms with E-state index in [9.17, 15) is 9.59 Å². The first-order chi connectivity index (χ1) is 6.29. The van der Waals surface area contributed by atoms with Crippen molar-refractivity contribution in [3.63, 3.8) is 0 Å². The van der Waals surface area contributed by atoms with Crippen LogP contribution in [0.15, 0.2) is 18.3 Å². The average Bonchev–Trinajstić information content (AvgIpc) is 2.29. The molecule has 0 bridgehead atoms. The van der Waals surface area contributed by atoms with E-state index in [0.29, 0.717) is 12.1 Å². The zero-order chi connectivity index (χ0) is 9.26. The van der Waals surface area contributed by atoms with Gasteiger partial charge in [0.15, 0.2) is 0 Å². The molecule has 1 aliphatic rings. The summed E-state index contributed by atoms with van der Waals surface area (Å²) in [6.07, 6.45) is 3.44. The van der Waals surface area contributed by atoms with Gasteiger partial charge in [0, 0.05) is 12.6 Å². The molecular formula is C10H9NO2. The molecule has 0 saturated carbocycles. The van der Waals surface area contributed by atoms with Crippen molar-refractivity contribution in [2.24, 2.45) is 0 Å². The third kappa shape index (κ3) is 1.37. The number of hydrogen-bond donors (Lipinski definition) is 0. The number of ketones is 2. The molecule has 1 heterocycles. The first-order valence-electron chi connectivity index (χ1n) is 4.30. The number of aromatic nitrogens is 1. The molecule has 2 rings (SSSR count). The Morgan fingerprint density at radius 2 is 2.08 bits per heavy atom. The molecule has 0 atom stereocenters. The molecule has 0 fully saturated rings. The summed E-state index contributed by atoms with van der Waals surface area (Å²) in [5.74, 6) is -0.731. The van der Waals surface area contributed by atoms with Gasteiger partial charge in [-0.05, 0) is 24.5 Å². The zero-order valence-electron chi connectivity index (χ0n) is 7.12. The van der Waals surface area contributed by atoms with Crippen LogP contribution in [0.5, 0.6) is 0 Å². The first kappa shape index (κ1) is 8.10. The third-order valence-corrected chi connectivity index (χ3v) is 2.21. The summed E-state index contributed by atoms with van der Waals surface area (Å²) in [4.78, 5) is 26.6. The predicted molar refractivity (Wildman–Crippen MR) is 46.5 cm³/mol. The molecule has 0 radical (unpaired) electrons. The normalized spacial score (nSPS) is 16.6. The predicted octanol–water partition coefficient (Wildman–Crippen LogP) is 1.17. The first-order valence-corrected chi connectivity index (χ1v) is 4.30. The quantitative estimate of drug-likeness (QED) is 0.439. The fraction of sp³-hybridized carbons (Fsp3) is 0.300. The molecule has 0 amide bonds. The van der Waals surface area contributed by atoms with Crippen LogP contribution in [0.3, 0.4) is 0 Å². The molecule has 3 nitrogen and oxygen atoms in total. The van der Waals surface area contributed by atoms with E-state index >= 15 is 0 Å². The molecule has 13 heavy (non-hydrogen) atoms. The second kappa shape index (κ2) is 3.09. The largest absolute Gasteiger partial charge is 0.290 e. The number of fused-ring (bicyclic) bond motifs is 1. The maximum atomic E-state index is 11.4. The van der Waals surface area contributed by atoms with Crippen molar-refractivity contribution >= 4 is 11.6 Å². The van der Waals surface area contributed by atoms with Gasteiger partial charge in [-0.25, -0.2) is 0 Å². The third-order valence-electron chi connectivity index (χ3n) is 2.21. The van der Waals surface area contributed by atoms with Crippen LogP contribution in [0.2, 0.25) is 0 Å². The van der Waals surface area contributed by atoms with E-state index in [1.165, 1.54) is 0 Å². The Kier molecular flexibility index (Phi) is 1.93. The van der Waals surface area contributed by atoms with Crippen molar-refractivity contribution in [3.05, 3.63) is 29.6 Å². The van der Waals surface area contributed by atoms with Crippen LogP contribution in [0, 0.1) is 0 Å². The number of aryl methyl sites for hydroxylation is 1. The molecule has 1 aliphatic carbocycles. The van der Waals surface area contributed by atoms with Gasteiger partial charge < -0.3 is 0 Å². The molecule has 0 spiro atoms. The lowest BCUT2D eigenvalue weighted by molar-refractivity contribution is -0.115. The van der Waals surface area contributed by atoms with Crippen molar-refractivity contribution in [3.8, 4) is 0 Å². The van der Waals surface area contributed by atoms with Gasteiger partial charge >= 0.3 is 0 Å². The number of hydrogen-bond acceptors (Lipinski definition) is 3. The van der Waals surface area contributed by atoms with Gasteiger partial charge in [-0.1, -0.05) is 6.07 Å². The Labute approximate surface area is 75.8 Å². The van der Waals surface area contributed by atoms with E-state index in [0.717, 1.165) is 18.4 Å². The monoisotopic (exact) mass is 175 g/mol. The van der Waals surface area contributed by atoms with Crippen molar-refractivity contribution in [1.82, 2.24) is 4.98 Å². The Hall–Kier alpha value is -1.51. The van der Waals surface area contributed by atoms with Crippen molar-refractivity contribution in [1.29, 1.82) is 0 Å². The summed E-state index contributed by atoms with van der Waals surface area (Å²) in [6, 6.07) is 3.65. The number of nitrogens with zero attached hydrogens (tertiary/aromatic N) is 1. The van der Waals surface area contributed by atoms with E-state index in [-0.39, 0.29) is 5.78 Å². The fourth-order valence-corrected chi connectivity index (χ4v) is 1.53. The minimum absolute atomic E-state index is 0.308. The van der Waals surface area contributed by atoms with Crippen molar-refractivity contribution < 1.29 is 9.59 Å². The van der Waals surface area contributed by atoms with Crippen molar-refractivity contribution in [2.45, 2.75) is 19.3 Å². The molecule has 1 aromatic heterocycles. The van der Waals surface area contributed by atoms with Gasteiger partial charge in [-0.3, -0.25) is 14.6 Å². The van der Waals surface area contributed by atoms with Gasteiger partial charge in [0.25, 0.3) is 0 Å². The molecule has 66 valence electrons. The summed E-state index contributed by atoms with van der Waals surface area (Å²) >= 11 is 0. The van der Waals surface area contributed by atoms with Crippen LogP contribution in [0.1, 0.15) is 28.9 Å². The molecule has 1 aromatic rings. The van der Waals surface area contributed by atoms with E-state index in [1.54, 1.807) is 12.3 Å². The highest BCUT2D eigenvalue weighted by Crippen LogP contribution is 2.15. The van der Waals surface area contributed by atoms with Gasteiger partial charge in [0.2, 0.25) is 11.6 Å². The number of rotatable bonds is 0. The topological polar surface area (TPSA) is 47.0 Å². The molecule has 0 N–H and O–H groups in total. The summed E-state index contributed by atoms with van der Waals surface area (Å²) in [5.41, 5.74) is 1.25. The lowest BCUT2D eigenvalue weighted by Crippen LogP contribution is -2.14. The van der Waals surface area contributed by atoms with Crippen LogP contribution >= 0.6 is 0 Å². The smallest absolute Gasteiger partial charge is 0.247 e. The second-order valence-corrected chi connectivity index (χ2v) is 3.12. The molecule has 0 aromatic carbocycles. The lowest BCUT2D eigenvalue weighted by Gasteiger charge is -1.99. The van der Waals surface area contributed by atoms with Gasteiger partial charge in [0.1, 0.15) is 5.69 Å².